The van der Waals surface area contributed by atoms with Crippen LogP contribution in [0.3, 0.4) is 0 Å². The number of rotatable bonds is 1. The lowest BCUT2D eigenvalue weighted by atomic mass is 9.92. The summed E-state index contributed by atoms with van der Waals surface area (Å²) >= 11 is 1.61. The van der Waals surface area contributed by atoms with Crippen molar-refractivity contribution in [1.82, 2.24) is 5.32 Å². The van der Waals surface area contributed by atoms with Gasteiger partial charge in [-0.1, -0.05) is 0 Å². The Kier molecular flexibility index (Phi) is 2.33. The third kappa shape index (κ3) is 1.26. The zero-order valence-electron chi connectivity index (χ0n) is 8.29. The molecule has 1 aliphatic heterocycles. The number of carbonyl (C=O) groups excluding carboxylic acids is 1. The summed E-state index contributed by atoms with van der Waals surface area (Å²) in [4.78, 5) is 12.8. The Hall–Kier alpha value is -0.870. The molecule has 0 radical (unpaired) electrons. The monoisotopic (exact) mass is 211 g/mol. The first-order chi connectivity index (χ1) is 6.68. The smallest absolute Gasteiger partial charge is 0.331 e. The Bertz CT molecular complexity index is 361. The van der Waals surface area contributed by atoms with E-state index < -0.39 is 5.54 Å². The maximum Gasteiger partial charge on any atom is 0.331 e. The molecule has 0 bridgehead atoms. The summed E-state index contributed by atoms with van der Waals surface area (Å²) in [6, 6.07) is 2.09. The molecule has 2 heterocycles. The van der Waals surface area contributed by atoms with Gasteiger partial charge in [0.15, 0.2) is 0 Å². The van der Waals surface area contributed by atoms with E-state index in [1.165, 1.54) is 12.7 Å². The number of hydrogen-bond donors (Lipinski definition) is 1. The standard InChI is InChI=1S/C10H13NO2S/c1-10(9(12)13-2)8-7(3-5-11-10)4-6-14-8/h4,6,11H,3,5H2,1-2H3/t10-/m1/s1. The van der Waals surface area contributed by atoms with Crippen molar-refractivity contribution in [3.63, 3.8) is 0 Å². The molecule has 14 heavy (non-hydrogen) atoms. The van der Waals surface area contributed by atoms with Gasteiger partial charge < -0.3 is 4.74 Å². The Morgan fingerprint density at radius 1 is 1.71 bits per heavy atom. The number of carbonyl (C=O) groups is 1. The van der Waals surface area contributed by atoms with E-state index in [0.717, 1.165) is 17.8 Å². The molecule has 76 valence electrons. The highest BCUT2D eigenvalue weighted by Crippen LogP contribution is 2.33. The summed E-state index contributed by atoms with van der Waals surface area (Å²) in [5.74, 6) is -0.208. The van der Waals surface area contributed by atoms with Crippen LogP contribution in [-0.2, 0) is 21.5 Å². The Morgan fingerprint density at radius 2 is 2.50 bits per heavy atom. The molecule has 3 nitrogen and oxygen atoms in total. The van der Waals surface area contributed by atoms with Crippen molar-refractivity contribution in [1.29, 1.82) is 0 Å². The number of thiophene rings is 1. The molecule has 2 rings (SSSR count). The summed E-state index contributed by atoms with van der Waals surface area (Å²) in [7, 11) is 1.43. The van der Waals surface area contributed by atoms with Crippen LogP contribution in [-0.4, -0.2) is 19.6 Å². The number of fused-ring (bicyclic) bond motifs is 1. The first kappa shape index (κ1) is 9.68. The number of ether oxygens (including phenoxy) is 1. The van der Waals surface area contributed by atoms with E-state index in [0.29, 0.717) is 0 Å². The Labute approximate surface area is 87.1 Å². The van der Waals surface area contributed by atoms with Gasteiger partial charge in [-0.05, 0) is 30.4 Å². The van der Waals surface area contributed by atoms with Crippen molar-refractivity contribution in [2.24, 2.45) is 0 Å². The molecule has 0 fully saturated rings. The van der Waals surface area contributed by atoms with Crippen molar-refractivity contribution in [3.8, 4) is 0 Å². The predicted octanol–water partition coefficient (Wildman–Crippen LogP) is 1.28. The van der Waals surface area contributed by atoms with Crippen molar-refractivity contribution in [3.05, 3.63) is 21.9 Å². The summed E-state index contributed by atoms with van der Waals surface area (Å²) in [6.07, 6.45) is 0.991. The highest BCUT2D eigenvalue weighted by Gasteiger charge is 2.40. The summed E-state index contributed by atoms with van der Waals surface area (Å²) in [6.45, 7) is 2.71. The SMILES string of the molecule is COC(=O)[C@]1(C)NCCc2ccsc21. The molecule has 0 aliphatic carbocycles. The number of hydrogen-bond acceptors (Lipinski definition) is 4. The first-order valence-corrected chi connectivity index (χ1v) is 5.47. The molecule has 0 saturated carbocycles. The van der Waals surface area contributed by atoms with Gasteiger partial charge in [-0.3, -0.25) is 5.32 Å². The molecule has 1 N–H and O–H groups in total. The number of esters is 1. The minimum atomic E-state index is -0.642. The van der Waals surface area contributed by atoms with Gasteiger partial charge in [-0.25, -0.2) is 4.79 Å². The molecule has 1 aliphatic rings. The minimum Gasteiger partial charge on any atom is -0.467 e. The van der Waals surface area contributed by atoms with E-state index in [1.807, 2.05) is 12.3 Å². The second-order valence-corrected chi connectivity index (χ2v) is 4.48. The first-order valence-electron chi connectivity index (χ1n) is 4.59. The lowest BCUT2D eigenvalue weighted by Gasteiger charge is -2.32. The topological polar surface area (TPSA) is 38.3 Å². The normalized spacial score (nSPS) is 25.6. The van der Waals surface area contributed by atoms with Gasteiger partial charge in [0, 0.05) is 11.4 Å². The summed E-state index contributed by atoms with van der Waals surface area (Å²) < 4.78 is 4.82. The van der Waals surface area contributed by atoms with Crippen LogP contribution in [0.25, 0.3) is 0 Å². The predicted molar refractivity (Wildman–Crippen MR) is 55.4 cm³/mol. The number of nitrogens with one attached hydrogen (secondary N) is 1. The van der Waals surface area contributed by atoms with Gasteiger partial charge in [0.2, 0.25) is 0 Å². The van der Waals surface area contributed by atoms with Gasteiger partial charge >= 0.3 is 5.97 Å². The van der Waals surface area contributed by atoms with Gasteiger partial charge in [0.25, 0.3) is 0 Å². The quantitative estimate of drug-likeness (QED) is 0.711. The lowest BCUT2D eigenvalue weighted by Crippen LogP contribution is -2.50. The molecule has 0 spiro atoms. The van der Waals surface area contributed by atoms with Crippen molar-refractivity contribution < 1.29 is 9.53 Å². The Morgan fingerprint density at radius 3 is 3.21 bits per heavy atom. The van der Waals surface area contributed by atoms with Crippen LogP contribution in [0.15, 0.2) is 11.4 Å². The van der Waals surface area contributed by atoms with Crippen LogP contribution in [0.4, 0.5) is 0 Å². The molecule has 0 saturated heterocycles. The summed E-state index contributed by atoms with van der Waals surface area (Å²) in [5.41, 5.74) is 0.623. The third-order valence-electron chi connectivity index (χ3n) is 2.67. The third-order valence-corrected chi connectivity index (χ3v) is 3.85. The highest BCUT2D eigenvalue weighted by molar-refractivity contribution is 7.10. The van der Waals surface area contributed by atoms with Crippen LogP contribution in [0.5, 0.6) is 0 Å². The second kappa shape index (κ2) is 3.37. The highest BCUT2D eigenvalue weighted by atomic mass is 32.1. The zero-order valence-corrected chi connectivity index (χ0v) is 9.11. The molecule has 1 atom stereocenters. The van der Waals surface area contributed by atoms with Crippen LogP contribution in [0, 0.1) is 0 Å². The van der Waals surface area contributed by atoms with E-state index in [1.54, 1.807) is 11.3 Å². The lowest BCUT2D eigenvalue weighted by molar-refractivity contribution is -0.148. The largest absolute Gasteiger partial charge is 0.467 e. The van der Waals surface area contributed by atoms with Crippen LogP contribution in [0.1, 0.15) is 17.4 Å². The molecule has 1 aromatic heterocycles. The molecule has 0 amide bonds. The van der Waals surface area contributed by atoms with Gasteiger partial charge in [0.1, 0.15) is 5.54 Å². The van der Waals surface area contributed by atoms with E-state index >= 15 is 0 Å². The molecular weight excluding hydrogens is 198 g/mol. The molecule has 1 aromatic rings. The van der Waals surface area contributed by atoms with Gasteiger partial charge in [-0.2, -0.15) is 0 Å². The molecular formula is C10H13NO2S. The fourth-order valence-corrected chi connectivity index (χ4v) is 2.95. The second-order valence-electron chi connectivity index (χ2n) is 3.57. The van der Waals surface area contributed by atoms with E-state index in [-0.39, 0.29) is 5.97 Å². The summed E-state index contributed by atoms with van der Waals surface area (Å²) in [5, 5.41) is 5.25. The zero-order chi connectivity index (χ0) is 10.2. The maximum atomic E-state index is 11.7. The van der Waals surface area contributed by atoms with E-state index in [2.05, 4.69) is 11.4 Å². The van der Waals surface area contributed by atoms with Crippen LogP contribution < -0.4 is 5.32 Å². The number of methoxy groups -OCH3 is 1. The Balaban J connectivity index is 2.44. The fraction of sp³-hybridized carbons (Fsp3) is 0.500. The minimum absolute atomic E-state index is 0.208. The van der Waals surface area contributed by atoms with E-state index in [4.69, 9.17) is 4.74 Å². The van der Waals surface area contributed by atoms with Crippen LogP contribution in [0.2, 0.25) is 0 Å². The molecule has 0 unspecified atom stereocenters. The maximum absolute atomic E-state index is 11.7. The molecule has 0 aromatic carbocycles. The molecule has 4 heteroatoms. The van der Waals surface area contributed by atoms with Crippen LogP contribution >= 0.6 is 11.3 Å². The van der Waals surface area contributed by atoms with Crippen molar-refractivity contribution in [2.75, 3.05) is 13.7 Å². The average Bonchev–Trinajstić information content (AvgIpc) is 2.66. The van der Waals surface area contributed by atoms with Crippen molar-refractivity contribution >= 4 is 17.3 Å². The van der Waals surface area contributed by atoms with Gasteiger partial charge in [-0.15, -0.1) is 11.3 Å². The van der Waals surface area contributed by atoms with Gasteiger partial charge in [0.05, 0.1) is 7.11 Å². The fourth-order valence-electron chi connectivity index (χ4n) is 1.87. The van der Waals surface area contributed by atoms with E-state index in [9.17, 15) is 4.79 Å². The average molecular weight is 211 g/mol. The van der Waals surface area contributed by atoms with Crippen molar-refractivity contribution in [2.45, 2.75) is 18.9 Å².